The van der Waals surface area contributed by atoms with E-state index in [0.717, 1.165) is 11.3 Å². The van der Waals surface area contributed by atoms with Crippen LogP contribution in [0, 0.1) is 0 Å². The van der Waals surface area contributed by atoms with Crippen LogP contribution in [0.5, 0.6) is 11.5 Å². The van der Waals surface area contributed by atoms with Crippen LogP contribution in [0.1, 0.15) is 0 Å². The molecular weight excluding hydrogens is 252 g/mol. The van der Waals surface area contributed by atoms with Gasteiger partial charge in [-0.25, -0.2) is 4.98 Å². The number of nitrogens with zero attached hydrogens (tertiary/aromatic N) is 3. The summed E-state index contributed by atoms with van der Waals surface area (Å²) >= 11 is 0. The molecule has 5 nitrogen and oxygen atoms in total. The smallest absolute Gasteiger partial charge is 0.240 e. The zero-order chi connectivity index (χ0) is 13.8. The summed E-state index contributed by atoms with van der Waals surface area (Å²) in [7, 11) is 0. The van der Waals surface area contributed by atoms with E-state index in [-0.39, 0.29) is 5.95 Å². The van der Waals surface area contributed by atoms with E-state index in [9.17, 15) is 0 Å². The van der Waals surface area contributed by atoms with Crippen molar-refractivity contribution >= 4 is 5.95 Å². The number of rotatable bonds is 3. The third kappa shape index (κ3) is 2.56. The zero-order valence-corrected chi connectivity index (χ0v) is 10.6. The van der Waals surface area contributed by atoms with Crippen LogP contribution < -0.4 is 10.5 Å². The molecule has 0 aliphatic carbocycles. The van der Waals surface area contributed by atoms with Crippen molar-refractivity contribution < 1.29 is 4.74 Å². The number of hydrogen-bond donors (Lipinski definition) is 1. The SMILES string of the molecule is Nc1nncc(-c2ccccc2Oc2ccccc2)n1. The number of hydrogen-bond acceptors (Lipinski definition) is 5. The Balaban J connectivity index is 2.00. The van der Waals surface area contributed by atoms with Crippen LogP contribution >= 0.6 is 0 Å². The zero-order valence-electron chi connectivity index (χ0n) is 10.6. The Bertz CT molecular complexity index is 716. The van der Waals surface area contributed by atoms with E-state index in [4.69, 9.17) is 10.5 Å². The minimum absolute atomic E-state index is 0.136. The average molecular weight is 264 g/mol. The van der Waals surface area contributed by atoms with Crippen molar-refractivity contribution in [2.24, 2.45) is 0 Å². The summed E-state index contributed by atoms with van der Waals surface area (Å²) in [4.78, 5) is 4.17. The second-order valence-electron chi connectivity index (χ2n) is 4.11. The lowest BCUT2D eigenvalue weighted by atomic mass is 10.1. The van der Waals surface area contributed by atoms with Gasteiger partial charge < -0.3 is 10.5 Å². The molecule has 0 bridgehead atoms. The first kappa shape index (κ1) is 12.1. The maximum Gasteiger partial charge on any atom is 0.240 e. The molecule has 0 amide bonds. The monoisotopic (exact) mass is 264 g/mol. The van der Waals surface area contributed by atoms with Gasteiger partial charge in [-0.15, -0.1) is 5.10 Å². The molecule has 0 unspecified atom stereocenters. The molecule has 1 heterocycles. The molecule has 0 radical (unpaired) electrons. The Labute approximate surface area is 116 Å². The van der Waals surface area contributed by atoms with E-state index in [2.05, 4.69) is 15.2 Å². The lowest BCUT2D eigenvalue weighted by molar-refractivity contribution is 0.484. The quantitative estimate of drug-likeness (QED) is 0.787. The van der Waals surface area contributed by atoms with Gasteiger partial charge in [-0.2, -0.15) is 5.10 Å². The maximum absolute atomic E-state index is 5.87. The highest BCUT2D eigenvalue weighted by Crippen LogP contribution is 2.31. The van der Waals surface area contributed by atoms with Crippen molar-refractivity contribution in [2.75, 3.05) is 5.73 Å². The van der Waals surface area contributed by atoms with Crippen LogP contribution in [-0.2, 0) is 0 Å². The highest BCUT2D eigenvalue weighted by atomic mass is 16.5. The van der Waals surface area contributed by atoms with Gasteiger partial charge in [-0.1, -0.05) is 30.3 Å². The van der Waals surface area contributed by atoms with Gasteiger partial charge in [0.15, 0.2) is 0 Å². The normalized spacial score (nSPS) is 10.2. The summed E-state index contributed by atoms with van der Waals surface area (Å²) in [6.45, 7) is 0. The van der Waals surface area contributed by atoms with E-state index in [1.54, 1.807) is 6.20 Å². The van der Waals surface area contributed by atoms with Crippen LogP contribution in [0.3, 0.4) is 0 Å². The second-order valence-corrected chi connectivity index (χ2v) is 4.11. The van der Waals surface area contributed by atoms with Gasteiger partial charge in [0.1, 0.15) is 11.5 Å². The van der Waals surface area contributed by atoms with Gasteiger partial charge in [0.2, 0.25) is 5.95 Å². The van der Waals surface area contributed by atoms with Crippen molar-refractivity contribution in [1.29, 1.82) is 0 Å². The fourth-order valence-corrected chi connectivity index (χ4v) is 1.83. The predicted molar refractivity (Wildman–Crippen MR) is 76.2 cm³/mol. The molecule has 0 saturated heterocycles. The Morgan fingerprint density at radius 2 is 1.65 bits per heavy atom. The standard InChI is InChI=1S/C15H12N4O/c16-15-18-13(10-17-19-15)12-8-4-5-9-14(12)20-11-6-2-1-3-7-11/h1-10H,(H2,16,18,19). The number of aromatic nitrogens is 3. The van der Waals surface area contributed by atoms with Gasteiger partial charge in [-0.3, -0.25) is 0 Å². The van der Waals surface area contributed by atoms with Crippen LogP contribution in [0.4, 0.5) is 5.95 Å². The maximum atomic E-state index is 5.87. The topological polar surface area (TPSA) is 73.9 Å². The van der Waals surface area contributed by atoms with Crippen molar-refractivity contribution in [1.82, 2.24) is 15.2 Å². The number of ether oxygens (including phenoxy) is 1. The van der Waals surface area contributed by atoms with Gasteiger partial charge in [0.25, 0.3) is 0 Å². The molecule has 20 heavy (non-hydrogen) atoms. The summed E-state index contributed by atoms with van der Waals surface area (Å²) in [6, 6.07) is 17.2. The Kier molecular flexibility index (Phi) is 3.24. The van der Waals surface area contributed by atoms with Crippen LogP contribution in [0.15, 0.2) is 60.8 Å². The highest BCUT2D eigenvalue weighted by Gasteiger charge is 2.09. The van der Waals surface area contributed by atoms with Crippen LogP contribution in [0.2, 0.25) is 0 Å². The van der Waals surface area contributed by atoms with Crippen molar-refractivity contribution in [3.63, 3.8) is 0 Å². The lowest BCUT2D eigenvalue weighted by Crippen LogP contribution is -1.99. The molecule has 3 rings (SSSR count). The van der Waals surface area contributed by atoms with E-state index in [0.29, 0.717) is 11.4 Å². The summed E-state index contributed by atoms with van der Waals surface area (Å²) in [5, 5.41) is 7.47. The van der Waals surface area contributed by atoms with Gasteiger partial charge >= 0.3 is 0 Å². The number of anilines is 1. The number of nitrogens with two attached hydrogens (primary N) is 1. The van der Waals surface area contributed by atoms with Gasteiger partial charge in [-0.05, 0) is 24.3 Å². The van der Waals surface area contributed by atoms with Gasteiger partial charge in [0.05, 0.1) is 11.9 Å². The van der Waals surface area contributed by atoms with Crippen molar-refractivity contribution in [2.45, 2.75) is 0 Å². The molecule has 98 valence electrons. The first-order valence-electron chi connectivity index (χ1n) is 6.10. The molecule has 1 aromatic heterocycles. The lowest BCUT2D eigenvalue weighted by Gasteiger charge is -2.10. The van der Waals surface area contributed by atoms with Crippen molar-refractivity contribution in [3.05, 3.63) is 60.8 Å². The molecule has 0 aliphatic rings. The summed E-state index contributed by atoms with van der Waals surface area (Å²) in [6.07, 6.45) is 1.56. The fourth-order valence-electron chi connectivity index (χ4n) is 1.83. The molecule has 2 N–H and O–H groups in total. The van der Waals surface area contributed by atoms with Crippen molar-refractivity contribution in [3.8, 4) is 22.8 Å². The molecule has 5 heteroatoms. The number of para-hydroxylation sites is 2. The molecule has 0 fully saturated rings. The van der Waals surface area contributed by atoms with Crippen LogP contribution in [0.25, 0.3) is 11.3 Å². The minimum Gasteiger partial charge on any atom is -0.457 e. The average Bonchev–Trinajstić information content (AvgIpc) is 2.49. The highest BCUT2D eigenvalue weighted by molar-refractivity contribution is 5.67. The molecule has 2 aromatic carbocycles. The molecule has 0 atom stereocenters. The molecule has 0 spiro atoms. The summed E-state index contributed by atoms with van der Waals surface area (Å²) in [5.74, 6) is 1.59. The summed E-state index contributed by atoms with van der Waals surface area (Å²) < 4.78 is 5.87. The van der Waals surface area contributed by atoms with E-state index in [1.807, 2.05) is 54.6 Å². The first-order chi connectivity index (χ1) is 9.83. The van der Waals surface area contributed by atoms with E-state index < -0.39 is 0 Å². The number of nitrogen functional groups attached to an aromatic ring is 1. The molecule has 0 aliphatic heterocycles. The predicted octanol–water partition coefficient (Wildman–Crippen LogP) is 2.91. The van der Waals surface area contributed by atoms with E-state index >= 15 is 0 Å². The van der Waals surface area contributed by atoms with Gasteiger partial charge in [0, 0.05) is 5.56 Å². The Hall–Kier alpha value is -2.95. The van der Waals surface area contributed by atoms with Crippen LogP contribution in [-0.4, -0.2) is 15.2 Å². The third-order valence-electron chi connectivity index (χ3n) is 2.71. The third-order valence-corrected chi connectivity index (χ3v) is 2.71. The molecule has 0 saturated carbocycles. The molecule has 3 aromatic rings. The Morgan fingerprint density at radius 3 is 2.45 bits per heavy atom. The largest absolute Gasteiger partial charge is 0.457 e. The fraction of sp³-hybridized carbons (Fsp3) is 0. The molecular formula is C15H12N4O. The van der Waals surface area contributed by atoms with E-state index in [1.165, 1.54) is 0 Å². The first-order valence-corrected chi connectivity index (χ1v) is 6.10. The minimum atomic E-state index is 0.136. The Morgan fingerprint density at radius 1 is 0.900 bits per heavy atom. The number of benzene rings is 2. The second kappa shape index (κ2) is 5.36. The summed E-state index contributed by atoms with van der Waals surface area (Å²) in [5.41, 5.74) is 7.02.